The van der Waals surface area contributed by atoms with Crippen LogP contribution in [0.1, 0.15) is 25.6 Å². The van der Waals surface area contributed by atoms with Gasteiger partial charge >= 0.3 is 12.3 Å². The Labute approximate surface area is 111 Å². The summed E-state index contributed by atoms with van der Waals surface area (Å²) in [6, 6.07) is 0. The van der Waals surface area contributed by atoms with E-state index in [0.29, 0.717) is 11.3 Å². The summed E-state index contributed by atoms with van der Waals surface area (Å²) >= 11 is 6.02. The maximum absolute atomic E-state index is 12.6. The zero-order valence-corrected chi connectivity index (χ0v) is 11.4. The van der Waals surface area contributed by atoms with Crippen LogP contribution in [0.25, 0.3) is 0 Å². The Kier molecular flexibility index (Phi) is 4.17. The van der Waals surface area contributed by atoms with Gasteiger partial charge in [-0.15, -0.1) is 11.3 Å². The predicted octanol–water partition coefficient (Wildman–Crippen LogP) is 4.77. The normalized spacial score (nSPS) is 12.4. The van der Waals surface area contributed by atoms with Crippen molar-refractivity contribution in [3.8, 4) is 0 Å². The van der Waals surface area contributed by atoms with E-state index in [2.05, 4.69) is 0 Å². The summed E-state index contributed by atoms with van der Waals surface area (Å²) in [5.74, 6) is 0. The lowest BCUT2D eigenvalue weighted by Gasteiger charge is -2.20. The van der Waals surface area contributed by atoms with Crippen molar-refractivity contribution in [2.45, 2.75) is 32.5 Å². The molecule has 0 atom stereocenters. The van der Waals surface area contributed by atoms with E-state index < -0.39 is 28.4 Å². The van der Waals surface area contributed by atoms with Crippen molar-refractivity contribution in [2.75, 3.05) is 5.32 Å². The second-order valence-electron chi connectivity index (χ2n) is 4.41. The van der Waals surface area contributed by atoms with Gasteiger partial charge in [0, 0.05) is 5.38 Å². The van der Waals surface area contributed by atoms with Gasteiger partial charge in [0.1, 0.15) is 10.5 Å². The van der Waals surface area contributed by atoms with E-state index in [9.17, 15) is 18.0 Å². The SMILES string of the molecule is CC(C)(C)OC(=O)Nc1c(Cl)csc1C(F)(F)F. The first-order valence-electron chi connectivity index (χ1n) is 4.85. The Morgan fingerprint density at radius 2 is 1.94 bits per heavy atom. The highest BCUT2D eigenvalue weighted by atomic mass is 35.5. The molecule has 0 unspecified atom stereocenters. The van der Waals surface area contributed by atoms with E-state index in [-0.39, 0.29) is 5.02 Å². The smallest absolute Gasteiger partial charge is 0.427 e. The van der Waals surface area contributed by atoms with E-state index in [1.165, 1.54) is 0 Å². The van der Waals surface area contributed by atoms with Gasteiger partial charge in [-0.1, -0.05) is 11.6 Å². The third-order valence-electron chi connectivity index (χ3n) is 1.63. The molecule has 1 aromatic heterocycles. The number of amides is 1. The summed E-state index contributed by atoms with van der Waals surface area (Å²) in [4.78, 5) is 10.4. The fraction of sp³-hybridized carbons (Fsp3) is 0.500. The molecule has 0 aliphatic heterocycles. The van der Waals surface area contributed by atoms with E-state index in [4.69, 9.17) is 16.3 Å². The molecule has 0 bridgehead atoms. The highest BCUT2D eigenvalue weighted by molar-refractivity contribution is 7.11. The van der Waals surface area contributed by atoms with Gasteiger partial charge in [-0.3, -0.25) is 5.32 Å². The number of alkyl halides is 3. The van der Waals surface area contributed by atoms with Crippen molar-refractivity contribution in [2.24, 2.45) is 0 Å². The number of carbonyl (C=O) groups is 1. The highest BCUT2D eigenvalue weighted by Gasteiger charge is 2.37. The summed E-state index contributed by atoms with van der Waals surface area (Å²) in [6.07, 6.45) is -5.55. The Morgan fingerprint density at radius 1 is 1.39 bits per heavy atom. The molecule has 0 radical (unpaired) electrons. The van der Waals surface area contributed by atoms with Crippen LogP contribution in [-0.2, 0) is 10.9 Å². The maximum Gasteiger partial charge on any atom is 0.427 e. The summed E-state index contributed by atoms with van der Waals surface area (Å²) in [6.45, 7) is 4.81. The van der Waals surface area contributed by atoms with Crippen LogP contribution in [0.4, 0.5) is 23.7 Å². The first-order valence-corrected chi connectivity index (χ1v) is 6.10. The van der Waals surface area contributed by atoms with Crippen molar-refractivity contribution in [3.63, 3.8) is 0 Å². The second-order valence-corrected chi connectivity index (χ2v) is 5.70. The number of rotatable bonds is 1. The van der Waals surface area contributed by atoms with Crippen LogP contribution in [0.15, 0.2) is 5.38 Å². The number of anilines is 1. The molecule has 8 heteroatoms. The van der Waals surface area contributed by atoms with Gasteiger partial charge in [-0.25, -0.2) is 4.79 Å². The molecular formula is C10H11ClF3NO2S. The van der Waals surface area contributed by atoms with E-state index >= 15 is 0 Å². The number of thiophene rings is 1. The van der Waals surface area contributed by atoms with Crippen molar-refractivity contribution in [1.82, 2.24) is 0 Å². The van der Waals surface area contributed by atoms with Gasteiger partial charge < -0.3 is 4.74 Å². The molecule has 1 amide bonds. The molecule has 0 aliphatic carbocycles. The van der Waals surface area contributed by atoms with Gasteiger partial charge in [0.15, 0.2) is 0 Å². The minimum atomic E-state index is -4.57. The fourth-order valence-electron chi connectivity index (χ4n) is 1.07. The van der Waals surface area contributed by atoms with Crippen LogP contribution in [0.2, 0.25) is 5.02 Å². The molecule has 0 saturated carbocycles. The second kappa shape index (κ2) is 4.97. The molecule has 18 heavy (non-hydrogen) atoms. The molecule has 1 N–H and O–H groups in total. The number of hydrogen-bond acceptors (Lipinski definition) is 3. The summed E-state index contributed by atoms with van der Waals surface area (Å²) in [5, 5.41) is 2.96. The Balaban J connectivity index is 2.91. The predicted molar refractivity (Wildman–Crippen MR) is 64.2 cm³/mol. The van der Waals surface area contributed by atoms with E-state index in [0.717, 1.165) is 5.38 Å². The number of halogens is 4. The fourth-order valence-corrected chi connectivity index (χ4v) is 2.15. The Morgan fingerprint density at radius 3 is 2.39 bits per heavy atom. The molecule has 102 valence electrons. The van der Waals surface area contributed by atoms with E-state index in [1.807, 2.05) is 5.32 Å². The Bertz CT molecular complexity index is 451. The highest BCUT2D eigenvalue weighted by Crippen LogP contribution is 2.43. The van der Waals surface area contributed by atoms with Crippen LogP contribution in [0.3, 0.4) is 0 Å². The minimum Gasteiger partial charge on any atom is -0.444 e. The molecular weight excluding hydrogens is 291 g/mol. The van der Waals surface area contributed by atoms with Crippen molar-refractivity contribution >= 4 is 34.7 Å². The summed E-state index contributed by atoms with van der Waals surface area (Å²) in [5.41, 5.74) is -1.27. The number of ether oxygens (including phenoxy) is 1. The molecule has 1 aromatic rings. The van der Waals surface area contributed by atoms with Crippen molar-refractivity contribution < 1.29 is 22.7 Å². The molecule has 0 aliphatic rings. The van der Waals surface area contributed by atoms with E-state index in [1.54, 1.807) is 20.8 Å². The average Bonchev–Trinajstić information content (AvgIpc) is 2.43. The number of carbonyl (C=O) groups excluding carboxylic acids is 1. The quantitative estimate of drug-likeness (QED) is 0.811. The van der Waals surface area contributed by atoms with Gasteiger partial charge in [0.05, 0.1) is 10.7 Å². The standard InChI is InChI=1S/C10H11ClF3NO2S/c1-9(2,3)17-8(16)15-6-5(11)4-18-7(6)10(12,13)14/h4H,1-3H3,(H,15,16). The largest absolute Gasteiger partial charge is 0.444 e. The zero-order chi connectivity index (χ0) is 14.1. The van der Waals surface area contributed by atoms with Crippen LogP contribution >= 0.6 is 22.9 Å². The maximum atomic E-state index is 12.6. The lowest BCUT2D eigenvalue weighted by atomic mass is 10.2. The molecule has 1 rings (SSSR count). The summed E-state index contributed by atoms with van der Waals surface area (Å²) in [7, 11) is 0. The van der Waals surface area contributed by atoms with Crippen LogP contribution < -0.4 is 5.32 Å². The third kappa shape index (κ3) is 4.06. The van der Waals surface area contributed by atoms with Crippen LogP contribution in [-0.4, -0.2) is 11.7 Å². The Hall–Kier alpha value is -0.950. The van der Waals surface area contributed by atoms with Crippen LogP contribution in [0.5, 0.6) is 0 Å². The van der Waals surface area contributed by atoms with Crippen molar-refractivity contribution in [3.05, 3.63) is 15.3 Å². The lowest BCUT2D eigenvalue weighted by molar-refractivity contribution is -0.133. The number of hydrogen-bond donors (Lipinski definition) is 1. The molecule has 3 nitrogen and oxygen atoms in total. The summed E-state index contributed by atoms with van der Waals surface area (Å²) < 4.78 is 42.7. The van der Waals surface area contributed by atoms with Crippen molar-refractivity contribution in [1.29, 1.82) is 0 Å². The molecule has 1 heterocycles. The third-order valence-corrected chi connectivity index (χ3v) is 3.08. The molecule has 0 spiro atoms. The molecule has 0 fully saturated rings. The van der Waals surface area contributed by atoms with Gasteiger partial charge in [0.2, 0.25) is 0 Å². The monoisotopic (exact) mass is 301 g/mol. The first-order chi connectivity index (χ1) is 8.00. The van der Waals surface area contributed by atoms with Gasteiger partial charge in [-0.05, 0) is 20.8 Å². The topological polar surface area (TPSA) is 38.3 Å². The van der Waals surface area contributed by atoms with Gasteiger partial charge in [0.25, 0.3) is 0 Å². The number of nitrogens with one attached hydrogen (secondary N) is 1. The lowest BCUT2D eigenvalue weighted by Crippen LogP contribution is -2.27. The van der Waals surface area contributed by atoms with Gasteiger partial charge in [-0.2, -0.15) is 13.2 Å². The minimum absolute atomic E-state index is 0.168. The van der Waals surface area contributed by atoms with Crippen LogP contribution in [0, 0.1) is 0 Å². The average molecular weight is 302 g/mol. The molecule has 0 aromatic carbocycles. The molecule has 0 saturated heterocycles. The first kappa shape index (κ1) is 15.1. The zero-order valence-electron chi connectivity index (χ0n) is 9.81.